The van der Waals surface area contributed by atoms with Crippen LogP contribution in [0.5, 0.6) is 0 Å². The van der Waals surface area contributed by atoms with Crippen molar-refractivity contribution < 1.29 is 4.79 Å². The molecule has 0 aliphatic carbocycles. The molecule has 2 aliphatic rings. The fourth-order valence-corrected chi connectivity index (χ4v) is 5.81. The summed E-state index contributed by atoms with van der Waals surface area (Å²) in [6.07, 6.45) is 10.2. The molecule has 0 spiro atoms. The van der Waals surface area contributed by atoms with Crippen molar-refractivity contribution in [3.8, 4) is 0 Å². The molecule has 0 saturated carbocycles. The van der Waals surface area contributed by atoms with Gasteiger partial charge in [0.15, 0.2) is 0 Å². The Morgan fingerprint density at radius 2 is 1.89 bits per heavy atom. The van der Waals surface area contributed by atoms with Gasteiger partial charge in [-0.1, -0.05) is 18.2 Å². The van der Waals surface area contributed by atoms with Crippen LogP contribution in [0.2, 0.25) is 0 Å². The topological polar surface area (TPSA) is 68.4 Å². The van der Waals surface area contributed by atoms with E-state index in [4.69, 9.17) is 0 Å². The average molecular weight is 491 g/mol. The number of amides is 1. The molecule has 2 N–H and O–H groups in total. The van der Waals surface area contributed by atoms with E-state index in [1.807, 2.05) is 25.1 Å². The second-order valence-electron chi connectivity index (χ2n) is 10.5. The fraction of sp³-hybridized carbons (Fsp3) is 0.533. The fourth-order valence-electron chi connectivity index (χ4n) is 5.81. The van der Waals surface area contributed by atoms with Crippen LogP contribution in [-0.2, 0) is 19.4 Å². The molecule has 6 heteroatoms. The number of benzene rings is 1. The molecule has 0 radical (unpaired) electrons. The quantitative estimate of drug-likeness (QED) is 0.607. The molecule has 1 saturated heterocycles. The number of hydrogen-bond acceptors (Lipinski definition) is 4. The van der Waals surface area contributed by atoms with Gasteiger partial charge >= 0.3 is 0 Å². The summed E-state index contributed by atoms with van der Waals surface area (Å²) in [6.45, 7) is 12.1. The minimum absolute atomic E-state index is 0.102. The summed E-state index contributed by atoms with van der Waals surface area (Å²) in [6, 6.07) is 9.21. The highest BCUT2D eigenvalue weighted by molar-refractivity contribution is 5.97. The molecular weight excluding hydrogens is 448 g/mol. The van der Waals surface area contributed by atoms with Gasteiger partial charge in [0.2, 0.25) is 0 Å². The van der Waals surface area contributed by atoms with E-state index in [0.717, 1.165) is 75.0 Å². The zero-order valence-corrected chi connectivity index (χ0v) is 22.4. The number of fused-ring (bicyclic) bond motifs is 2. The van der Waals surface area contributed by atoms with E-state index in [1.54, 1.807) is 0 Å². The van der Waals surface area contributed by atoms with Crippen LogP contribution in [0.1, 0.15) is 79.2 Å². The lowest BCUT2D eigenvalue weighted by Crippen LogP contribution is -2.47. The summed E-state index contributed by atoms with van der Waals surface area (Å²) < 4.78 is 0. The van der Waals surface area contributed by atoms with Crippen molar-refractivity contribution in [2.24, 2.45) is 0 Å². The van der Waals surface area contributed by atoms with Gasteiger partial charge in [-0.2, -0.15) is 0 Å². The van der Waals surface area contributed by atoms with E-state index in [0.29, 0.717) is 23.2 Å². The first-order valence-electron chi connectivity index (χ1n) is 13.7. The van der Waals surface area contributed by atoms with Gasteiger partial charge in [-0.3, -0.25) is 9.59 Å². The number of piperidine rings is 1. The minimum atomic E-state index is -0.115. The zero-order chi connectivity index (χ0) is 25.7. The first-order valence-corrected chi connectivity index (χ1v) is 13.7. The van der Waals surface area contributed by atoms with Crippen LogP contribution < -0.4 is 15.8 Å². The molecule has 6 nitrogen and oxygen atoms in total. The van der Waals surface area contributed by atoms with Gasteiger partial charge in [0, 0.05) is 60.8 Å². The van der Waals surface area contributed by atoms with E-state index < -0.39 is 0 Å². The van der Waals surface area contributed by atoms with Crippen molar-refractivity contribution >= 4 is 11.6 Å². The maximum atomic E-state index is 13.5. The Bertz CT molecular complexity index is 1140. The molecule has 2 aliphatic heterocycles. The first kappa shape index (κ1) is 26.2. The number of likely N-dealkylation sites (tertiary alicyclic amines) is 1. The van der Waals surface area contributed by atoms with Crippen molar-refractivity contribution in [3.63, 3.8) is 0 Å². The van der Waals surface area contributed by atoms with Gasteiger partial charge in [-0.15, -0.1) is 0 Å². The molecule has 194 valence electrons. The summed E-state index contributed by atoms with van der Waals surface area (Å²) >= 11 is 0. The molecule has 0 atom stereocenters. The number of carbonyl (C=O) groups excluding carboxylic acids is 1. The van der Waals surface area contributed by atoms with Crippen LogP contribution in [0.4, 0.5) is 5.69 Å². The zero-order valence-electron chi connectivity index (χ0n) is 22.4. The SMILES string of the molecule is CCN(c1cccc2c1C/C=C/CCCc1cc(C)[nH]c(=O)c1CNC2=O)C1CCN(C(C)C)CC1. The second kappa shape index (κ2) is 11.9. The monoisotopic (exact) mass is 490 g/mol. The van der Waals surface area contributed by atoms with Gasteiger partial charge in [-0.05, 0) is 95.5 Å². The second-order valence-corrected chi connectivity index (χ2v) is 10.5. The summed E-state index contributed by atoms with van der Waals surface area (Å²) in [5.41, 5.74) is 5.41. The highest BCUT2D eigenvalue weighted by Gasteiger charge is 2.27. The lowest BCUT2D eigenvalue weighted by molar-refractivity contribution is 0.0950. The van der Waals surface area contributed by atoms with E-state index in [9.17, 15) is 9.59 Å². The predicted molar refractivity (Wildman–Crippen MR) is 148 cm³/mol. The largest absolute Gasteiger partial charge is 0.368 e. The molecule has 4 rings (SSSR count). The molecule has 3 heterocycles. The number of aromatic amines is 1. The number of nitrogens with zero attached hydrogens (tertiary/aromatic N) is 2. The summed E-state index contributed by atoms with van der Waals surface area (Å²) in [7, 11) is 0. The number of rotatable bonds is 4. The third-order valence-corrected chi connectivity index (χ3v) is 7.81. The predicted octanol–water partition coefficient (Wildman–Crippen LogP) is 4.75. The number of anilines is 1. The van der Waals surface area contributed by atoms with Crippen molar-refractivity contribution in [1.82, 2.24) is 15.2 Å². The Morgan fingerprint density at radius 3 is 2.61 bits per heavy atom. The molecule has 1 aromatic heterocycles. The Morgan fingerprint density at radius 1 is 1.11 bits per heavy atom. The van der Waals surface area contributed by atoms with E-state index in [-0.39, 0.29) is 18.0 Å². The number of aryl methyl sites for hydroxylation is 2. The van der Waals surface area contributed by atoms with E-state index in [2.05, 4.69) is 59.1 Å². The van der Waals surface area contributed by atoms with E-state index in [1.165, 1.54) is 5.69 Å². The van der Waals surface area contributed by atoms with Crippen LogP contribution in [0, 0.1) is 6.92 Å². The van der Waals surface area contributed by atoms with Crippen LogP contribution >= 0.6 is 0 Å². The van der Waals surface area contributed by atoms with Crippen LogP contribution in [0.3, 0.4) is 0 Å². The van der Waals surface area contributed by atoms with Crippen LogP contribution in [-0.4, -0.2) is 47.5 Å². The average Bonchev–Trinajstić information content (AvgIpc) is 2.87. The Kier molecular flexibility index (Phi) is 8.68. The lowest BCUT2D eigenvalue weighted by atomic mass is 9.96. The number of aromatic nitrogens is 1. The van der Waals surface area contributed by atoms with Gasteiger partial charge in [0.05, 0.1) is 0 Å². The maximum absolute atomic E-state index is 13.5. The number of H-pyrrole nitrogens is 1. The molecule has 1 amide bonds. The van der Waals surface area contributed by atoms with Gasteiger partial charge < -0.3 is 20.1 Å². The lowest BCUT2D eigenvalue weighted by Gasteiger charge is -2.41. The Labute approximate surface area is 215 Å². The summed E-state index contributed by atoms with van der Waals surface area (Å²) in [5, 5.41) is 3.07. The number of carbonyl (C=O) groups is 1. The van der Waals surface area contributed by atoms with Gasteiger partial charge in [-0.25, -0.2) is 0 Å². The molecule has 2 aromatic rings. The molecule has 0 bridgehead atoms. The number of nitrogens with one attached hydrogen (secondary N) is 2. The number of allylic oxidation sites excluding steroid dienone is 2. The third-order valence-electron chi connectivity index (χ3n) is 7.81. The molecule has 1 fully saturated rings. The maximum Gasteiger partial charge on any atom is 0.253 e. The summed E-state index contributed by atoms with van der Waals surface area (Å²) in [5.74, 6) is -0.115. The highest BCUT2D eigenvalue weighted by atomic mass is 16.1. The van der Waals surface area contributed by atoms with Gasteiger partial charge in [0.25, 0.3) is 11.5 Å². The van der Waals surface area contributed by atoms with Crippen LogP contribution in [0.25, 0.3) is 0 Å². The Hall–Kier alpha value is -2.86. The van der Waals surface area contributed by atoms with Crippen molar-refractivity contribution in [2.75, 3.05) is 24.5 Å². The van der Waals surface area contributed by atoms with Crippen molar-refractivity contribution in [1.29, 1.82) is 0 Å². The number of hydrogen-bond donors (Lipinski definition) is 2. The normalized spacial score (nSPS) is 18.9. The highest BCUT2D eigenvalue weighted by Crippen LogP contribution is 2.30. The third kappa shape index (κ3) is 5.92. The molecule has 1 aromatic carbocycles. The summed E-state index contributed by atoms with van der Waals surface area (Å²) in [4.78, 5) is 34.2. The molecular formula is C30H42N4O2. The van der Waals surface area contributed by atoms with Gasteiger partial charge in [0.1, 0.15) is 0 Å². The van der Waals surface area contributed by atoms with E-state index >= 15 is 0 Å². The molecule has 36 heavy (non-hydrogen) atoms. The standard InChI is InChI=1S/C30H42N4O2/c1-5-34(24-15-17-33(18-16-24)21(2)3)28-14-10-13-26-25(28)12-9-7-6-8-11-23-19-22(4)32-30(36)27(23)20-31-29(26)35/h7,9-10,13-14,19,21,24H,5-6,8,11-12,15-18,20H2,1-4H3,(H,31,35)(H,32,36)/b9-7+. The van der Waals surface area contributed by atoms with Crippen LogP contribution in [0.15, 0.2) is 41.2 Å². The smallest absolute Gasteiger partial charge is 0.253 e. The van der Waals surface area contributed by atoms with Crippen molar-refractivity contribution in [2.45, 2.75) is 84.8 Å². The molecule has 0 unspecified atom stereocenters. The minimum Gasteiger partial charge on any atom is -0.368 e. The Balaban J connectivity index is 1.65. The number of pyridine rings is 1. The first-order chi connectivity index (χ1) is 17.4. The van der Waals surface area contributed by atoms with Crippen molar-refractivity contribution in [3.05, 3.63) is 74.7 Å².